The first kappa shape index (κ1) is 11.6. The van der Waals surface area contributed by atoms with E-state index in [0.717, 1.165) is 22.5 Å². The van der Waals surface area contributed by atoms with Gasteiger partial charge in [-0.25, -0.2) is 0 Å². The number of hydrogen-bond acceptors (Lipinski definition) is 2. The molecule has 0 aromatic heterocycles. The summed E-state index contributed by atoms with van der Waals surface area (Å²) >= 11 is 3.50. The van der Waals surface area contributed by atoms with Crippen LogP contribution in [0.1, 0.15) is 6.92 Å². The molecule has 0 spiro atoms. The second-order valence-corrected chi connectivity index (χ2v) is 5.49. The molecule has 1 N–H and O–H groups in total. The molecule has 3 heteroatoms. The standard InChI is InChI=1S/C15H14BrNO/c1-10-9-18-15-6-5-12(8-14(15)17-10)11-3-2-4-13(16)7-11/h2-8,10,17H,9H2,1H3. The molecule has 3 rings (SSSR count). The number of benzene rings is 2. The molecule has 2 aromatic carbocycles. The van der Waals surface area contributed by atoms with E-state index in [4.69, 9.17) is 4.74 Å². The Morgan fingerprint density at radius 2 is 2.00 bits per heavy atom. The lowest BCUT2D eigenvalue weighted by atomic mass is 10.0. The summed E-state index contributed by atoms with van der Waals surface area (Å²) in [5.41, 5.74) is 3.47. The molecular weight excluding hydrogens is 290 g/mol. The van der Waals surface area contributed by atoms with E-state index in [2.05, 4.69) is 52.4 Å². The number of ether oxygens (including phenoxy) is 1. The summed E-state index contributed by atoms with van der Waals surface area (Å²) in [7, 11) is 0. The van der Waals surface area contributed by atoms with Crippen LogP contribution in [-0.2, 0) is 0 Å². The van der Waals surface area contributed by atoms with E-state index in [-0.39, 0.29) is 0 Å². The lowest BCUT2D eigenvalue weighted by molar-refractivity contribution is 0.292. The lowest BCUT2D eigenvalue weighted by Gasteiger charge is -2.25. The molecule has 1 atom stereocenters. The first-order chi connectivity index (χ1) is 8.72. The molecule has 0 amide bonds. The van der Waals surface area contributed by atoms with Gasteiger partial charge >= 0.3 is 0 Å². The summed E-state index contributed by atoms with van der Waals surface area (Å²) in [4.78, 5) is 0. The molecule has 0 fully saturated rings. The van der Waals surface area contributed by atoms with Gasteiger partial charge in [0.05, 0.1) is 11.7 Å². The van der Waals surface area contributed by atoms with Gasteiger partial charge in [0.15, 0.2) is 0 Å². The van der Waals surface area contributed by atoms with E-state index in [1.54, 1.807) is 0 Å². The Hall–Kier alpha value is -1.48. The van der Waals surface area contributed by atoms with Crippen LogP contribution in [0.25, 0.3) is 11.1 Å². The van der Waals surface area contributed by atoms with E-state index in [9.17, 15) is 0 Å². The normalized spacial score (nSPS) is 17.6. The predicted octanol–water partition coefficient (Wildman–Crippen LogP) is 4.31. The zero-order valence-electron chi connectivity index (χ0n) is 10.1. The minimum absolute atomic E-state index is 0.357. The molecule has 1 aliphatic heterocycles. The second-order valence-electron chi connectivity index (χ2n) is 4.58. The van der Waals surface area contributed by atoms with Crippen LogP contribution in [0.3, 0.4) is 0 Å². The van der Waals surface area contributed by atoms with Gasteiger partial charge in [0.2, 0.25) is 0 Å². The number of hydrogen-bond donors (Lipinski definition) is 1. The van der Waals surface area contributed by atoms with Crippen molar-refractivity contribution in [2.75, 3.05) is 11.9 Å². The number of rotatable bonds is 1. The molecule has 0 bridgehead atoms. The molecule has 0 saturated carbocycles. The topological polar surface area (TPSA) is 21.3 Å². The summed E-state index contributed by atoms with van der Waals surface area (Å²) in [5.74, 6) is 0.937. The van der Waals surface area contributed by atoms with Crippen molar-refractivity contribution < 1.29 is 4.74 Å². The van der Waals surface area contributed by atoms with Gasteiger partial charge in [-0.2, -0.15) is 0 Å². The first-order valence-electron chi connectivity index (χ1n) is 6.02. The smallest absolute Gasteiger partial charge is 0.142 e. The Kier molecular flexibility index (Phi) is 3.00. The quantitative estimate of drug-likeness (QED) is 0.847. The highest BCUT2D eigenvalue weighted by atomic mass is 79.9. The van der Waals surface area contributed by atoms with Crippen molar-refractivity contribution >= 4 is 21.6 Å². The summed E-state index contributed by atoms with van der Waals surface area (Å²) in [6.07, 6.45) is 0. The number of nitrogens with one attached hydrogen (secondary N) is 1. The van der Waals surface area contributed by atoms with Crippen LogP contribution in [-0.4, -0.2) is 12.6 Å². The van der Waals surface area contributed by atoms with Gasteiger partial charge in [-0.1, -0.05) is 34.1 Å². The van der Waals surface area contributed by atoms with Crippen LogP contribution >= 0.6 is 15.9 Å². The number of fused-ring (bicyclic) bond motifs is 1. The van der Waals surface area contributed by atoms with Crippen molar-refractivity contribution in [3.05, 3.63) is 46.9 Å². The highest BCUT2D eigenvalue weighted by Crippen LogP contribution is 2.34. The van der Waals surface area contributed by atoms with Gasteiger partial charge in [0, 0.05) is 4.47 Å². The van der Waals surface area contributed by atoms with Crippen molar-refractivity contribution in [2.24, 2.45) is 0 Å². The predicted molar refractivity (Wildman–Crippen MR) is 78.2 cm³/mol. The van der Waals surface area contributed by atoms with Crippen LogP contribution < -0.4 is 10.1 Å². The van der Waals surface area contributed by atoms with Crippen LogP contribution in [0, 0.1) is 0 Å². The van der Waals surface area contributed by atoms with Gasteiger partial charge < -0.3 is 10.1 Å². The molecule has 18 heavy (non-hydrogen) atoms. The van der Waals surface area contributed by atoms with Crippen molar-refractivity contribution in [3.8, 4) is 16.9 Å². The molecule has 1 heterocycles. The van der Waals surface area contributed by atoms with Crippen LogP contribution in [0.4, 0.5) is 5.69 Å². The minimum Gasteiger partial charge on any atom is -0.489 e. The van der Waals surface area contributed by atoms with E-state index in [0.29, 0.717) is 6.04 Å². The average Bonchev–Trinajstić information content (AvgIpc) is 2.38. The van der Waals surface area contributed by atoms with E-state index in [1.165, 1.54) is 11.1 Å². The minimum atomic E-state index is 0.357. The molecule has 0 saturated heterocycles. The maximum Gasteiger partial charge on any atom is 0.142 e. The zero-order chi connectivity index (χ0) is 12.5. The zero-order valence-corrected chi connectivity index (χ0v) is 11.7. The third kappa shape index (κ3) is 2.23. The van der Waals surface area contributed by atoms with Gasteiger partial charge in [0.25, 0.3) is 0 Å². The molecule has 0 aliphatic carbocycles. The molecule has 92 valence electrons. The molecular formula is C15H14BrNO. The number of anilines is 1. The summed E-state index contributed by atoms with van der Waals surface area (Å²) in [5, 5.41) is 3.45. The fraction of sp³-hybridized carbons (Fsp3) is 0.200. The molecule has 1 aliphatic rings. The highest BCUT2D eigenvalue weighted by molar-refractivity contribution is 9.10. The monoisotopic (exact) mass is 303 g/mol. The van der Waals surface area contributed by atoms with Gasteiger partial charge in [-0.05, 0) is 42.3 Å². The highest BCUT2D eigenvalue weighted by Gasteiger charge is 2.15. The Morgan fingerprint density at radius 1 is 1.17 bits per heavy atom. The van der Waals surface area contributed by atoms with Gasteiger partial charge in [0.1, 0.15) is 12.4 Å². The Bertz CT molecular complexity index is 582. The van der Waals surface area contributed by atoms with E-state index in [1.807, 2.05) is 18.2 Å². The summed E-state index contributed by atoms with van der Waals surface area (Å²) in [6, 6.07) is 14.9. The summed E-state index contributed by atoms with van der Waals surface area (Å²) in [6.45, 7) is 2.85. The van der Waals surface area contributed by atoms with Crippen molar-refractivity contribution in [1.29, 1.82) is 0 Å². The van der Waals surface area contributed by atoms with E-state index >= 15 is 0 Å². The summed E-state index contributed by atoms with van der Waals surface area (Å²) < 4.78 is 6.77. The second kappa shape index (κ2) is 4.65. The van der Waals surface area contributed by atoms with Gasteiger partial charge in [-0.15, -0.1) is 0 Å². The van der Waals surface area contributed by atoms with Crippen molar-refractivity contribution in [3.63, 3.8) is 0 Å². The van der Waals surface area contributed by atoms with Crippen molar-refractivity contribution in [2.45, 2.75) is 13.0 Å². The SMILES string of the molecule is CC1COc2ccc(-c3cccc(Br)c3)cc2N1. The maximum absolute atomic E-state index is 5.68. The maximum atomic E-state index is 5.68. The Morgan fingerprint density at radius 3 is 2.83 bits per heavy atom. The Balaban J connectivity index is 2.01. The Labute approximate surface area is 115 Å². The van der Waals surface area contributed by atoms with Crippen LogP contribution in [0.15, 0.2) is 46.9 Å². The third-order valence-electron chi connectivity index (χ3n) is 3.03. The first-order valence-corrected chi connectivity index (χ1v) is 6.81. The van der Waals surface area contributed by atoms with Gasteiger partial charge in [-0.3, -0.25) is 0 Å². The molecule has 0 radical (unpaired) electrons. The molecule has 2 nitrogen and oxygen atoms in total. The average molecular weight is 304 g/mol. The fourth-order valence-electron chi connectivity index (χ4n) is 2.14. The van der Waals surface area contributed by atoms with Crippen LogP contribution in [0.2, 0.25) is 0 Å². The molecule has 2 aromatic rings. The van der Waals surface area contributed by atoms with Crippen LogP contribution in [0.5, 0.6) is 5.75 Å². The largest absolute Gasteiger partial charge is 0.489 e. The third-order valence-corrected chi connectivity index (χ3v) is 3.52. The van der Waals surface area contributed by atoms with E-state index < -0.39 is 0 Å². The fourth-order valence-corrected chi connectivity index (χ4v) is 2.54. The molecule has 1 unspecified atom stereocenters. The lowest BCUT2D eigenvalue weighted by Crippen LogP contribution is -2.28. The van der Waals surface area contributed by atoms with Crippen molar-refractivity contribution in [1.82, 2.24) is 0 Å². The number of halogens is 1.